The van der Waals surface area contributed by atoms with Crippen LogP contribution in [0.15, 0.2) is 42.5 Å². The van der Waals surface area contributed by atoms with Crippen LogP contribution >= 0.6 is 0 Å². The Kier molecular flexibility index (Phi) is 2.60. The lowest BCUT2D eigenvalue weighted by molar-refractivity contribution is 0.259. The van der Waals surface area contributed by atoms with Crippen LogP contribution in [0.3, 0.4) is 0 Å². The lowest BCUT2D eigenvalue weighted by Crippen LogP contribution is -2.21. The molecule has 1 aromatic heterocycles. The highest BCUT2D eigenvalue weighted by atomic mass is 19.1. The van der Waals surface area contributed by atoms with Crippen LogP contribution in [0.1, 0.15) is 18.0 Å². The summed E-state index contributed by atoms with van der Waals surface area (Å²) in [4.78, 5) is 4.34. The number of hydrogen-bond donors (Lipinski definition) is 1. The summed E-state index contributed by atoms with van der Waals surface area (Å²) >= 11 is 0. The number of anilines is 1. The summed E-state index contributed by atoms with van der Waals surface area (Å²) in [5.74, 6) is 0.965. The van der Waals surface area contributed by atoms with Gasteiger partial charge in [-0.15, -0.1) is 0 Å². The molecule has 5 heteroatoms. The van der Waals surface area contributed by atoms with Gasteiger partial charge in [0.2, 0.25) is 5.95 Å². The molecule has 21 heavy (non-hydrogen) atoms. The van der Waals surface area contributed by atoms with Crippen LogP contribution < -0.4 is 10.5 Å². The Morgan fingerprint density at radius 2 is 2.10 bits per heavy atom. The van der Waals surface area contributed by atoms with Gasteiger partial charge in [-0.25, -0.2) is 9.37 Å². The molecule has 1 aliphatic rings. The fourth-order valence-corrected chi connectivity index (χ4v) is 3.00. The average Bonchev–Trinajstić information content (AvgIpc) is 2.82. The summed E-state index contributed by atoms with van der Waals surface area (Å²) in [5.41, 5.74) is 8.56. The van der Waals surface area contributed by atoms with Crippen LogP contribution in [0.4, 0.5) is 10.3 Å². The van der Waals surface area contributed by atoms with Gasteiger partial charge in [0.1, 0.15) is 11.6 Å². The molecule has 2 N–H and O–H groups in total. The van der Waals surface area contributed by atoms with E-state index in [1.807, 2.05) is 28.8 Å². The second-order valence-corrected chi connectivity index (χ2v) is 5.16. The topological polar surface area (TPSA) is 53.1 Å². The third-order valence-corrected chi connectivity index (χ3v) is 3.92. The maximum atomic E-state index is 13.6. The molecule has 1 atom stereocenters. The highest BCUT2D eigenvalue weighted by Gasteiger charge is 2.26. The molecule has 4 rings (SSSR count). The van der Waals surface area contributed by atoms with Gasteiger partial charge in [-0.05, 0) is 24.3 Å². The molecule has 0 amide bonds. The van der Waals surface area contributed by atoms with E-state index in [0.717, 1.165) is 17.7 Å². The van der Waals surface area contributed by atoms with Gasteiger partial charge in [0.05, 0.1) is 23.7 Å². The summed E-state index contributed by atoms with van der Waals surface area (Å²) < 4.78 is 21.2. The Balaban J connectivity index is 1.95. The van der Waals surface area contributed by atoms with E-state index in [2.05, 4.69) is 4.98 Å². The molecule has 0 fully saturated rings. The zero-order chi connectivity index (χ0) is 14.4. The number of fused-ring (bicyclic) bond motifs is 2. The van der Waals surface area contributed by atoms with Crippen molar-refractivity contribution in [2.24, 2.45) is 0 Å². The number of nitrogens with two attached hydrogens (primary N) is 1. The molecule has 106 valence electrons. The highest BCUT2D eigenvalue weighted by molar-refractivity contribution is 5.79. The van der Waals surface area contributed by atoms with E-state index in [1.54, 1.807) is 6.07 Å². The van der Waals surface area contributed by atoms with Crippen molar-refractivity contribution < 1.29 is 9.13 Å². The number of aromatic nitrogens is 2. The molecular formula is C16H14FN3O. The third kappa shape index (κ3) is 1.85. The van der Waals surface area contributed by atoms with Gasteiger partial charge in [0, 0.05) is 12.0 Å². The SMILES string of the molecule is Nc1nc2ccc(F)cc2n1C1CCOc2ccccc21. The molecule has 1 unspecified atom stereocenters. The molecule has 1 aliphatic heterocycles. The number of para-hydroxylation sites is 1. The smallest absolute Gasteiger partial charge is 0.201 e. The molecule has 0 radical (unpaired) electrons. The van der Waals surface area contributed by atoms with Crippen molar-refractivity contribution in [3.63, 3.8) is 0 Å². The first kappa shape index (κ1) is 12.2. The maximum Gasteiger partial charge on any atom is 0.201 e. The summed E-state index contributed by atoms with van der Waals surface area (Å²) in [7, 11) is 0. The predicted molar refractivity (Wildman–Crippen MR) is 78.8 cm³/mol. The van der Waals surface area contributed by atoms with Gasteiger partial charge in [-0.1, -0.05) is 18.2 Å². The minimum atomic E-state index is -0.288. The number of ether oxygens (including phenoxy) is 1. The van der Waals surface area contributed by atoms with Crippen LogP contribution in [0.5, 0.6) is 5.75 Å². The van der Waals surface area contributed by atoms with E-state index < -0.39 is 0 Å². The fraction of sp³-hybridized carbons (Fsp3) is 0.188. The first-order chi connectivity index (χ1) is 10.2. The molecule has 0 aliphatic carbocycles. The van der Waals surface area contributed by atoms with Crippen molar-refractivity contribution >= 4 is 17.0 Å². The second-order valence-electron chi connectivity index (χ2n) is 5.16. The van der Waals surface area contributed by atoms with E-state index in [0.29, 0.717) is 23.6 Å². The van der Waals surface area contributed by atoms with Crippen LogP contribution in [-0.4, -0.2) is 16.2 Å². The highest BCUT2D eigenvalue weighted by Crippen LogP contribution is 2.37. The maximum absolute atomic E-state index is 13.6. The lowest BCUT2D eigenvalue weighted by atomic mass is 10.00. The zero-order valence-corrected chi connectivity index (χ0v) is 11.3. The van der Waals surface area contributed by atoms with Crippen molar-refractivity contribution in [1.29, 1.82) is 0 Å². The van der Waals surface area contributed by atoms with Gasteiger partial charge in [0.15, 0.2) is 0 Å². The largest absolute Gasteiger partial charge is 0.493 e. The fourth-order valence-electron chi connectivity index (χ4n) is 3.00. The molecule has 0 spiro atoms. The molecule has 0 bridgehead atoms. The van der Waals surface area contributed by atoms with E-state index >= 15 is 0 Å². The summed E-state index contributed by atoms with van der Waals surface area (Å²) in [6, 6.07) is 12.4. The van der Waals surface area contributed by atoms with Crippen LogP contribution in [-0.2, 0) is 0 Å². The van der Waals surface area contributed by atoms with Crippen LogP contribution in [0.25, 0.3) is 11.0 Å². The minimum absolute atomic E-state index is 0.0155. The number of nitrogens with zero attached hydrogens (tertiary/aromatic N) is 2. The molecule has 2 heterocycles. The normalized spacial score (nSPS) is 17.5. The Hall–Kier alpha value is -2.56. The van der Waals surface area contributed by atoms with Crippen molar-refractivity contribution in [3.8, 4) is 5.75 Å². The third-order valence-electron chi connectivity index (χ3n) is 3.92. The Morgan fingerprint density at radius 3 is 3.00 bits per heavy atom. The molecular weight excluding hydrogens is 269 g/mol. The number of hydrogen-bond acceptors (Lipinski definition) is 3. The number of imidazole rings is 1. The molecule has 0 saturated carbocycles. The standard InChI is InChI=1S/C16H14FN3O/c17-10-5-6-12-14(9-10)20(16(18)19-12)13-7-8-21-15-4-2-1-3-11(13)15/h1-6,9,13H,7-8H2,(H2,18,19). The quantitative estimate of drug-likeness (QED) is 0.746. The predicted octanol–water partition coefficient (Wildman–Crippen LogP) is 3.13. The molecule has 0 saturated heterocycles. The first-order valence-corrected chi connectivity index (χ1v) is 6.89. The van der Waals surface area contributed by atoms with Crippen molar-refractivity contribution in [3.05, 3.63) is 53.8 Å². The van der Waals surface area contributed by atoms with Crippen LogP contribution in [0, 0.1) is 5.82 Å². The Labute approximate surface area is 121 Å². The lowest BCUT2D eigenvalue weighted by Gasteiger charge is -2.28. The number of rotatable bonds is 1. The molecule has 2 aromatic carbocycles. The van der Waals surface area contributed by atoms with E-state index in [1.165, 1.54) is 12.1 Å². The van der Waals surface area contributed by atoms with E-state index in [4.69, 9.17) is 10.5 Å². The van der Waals surface area contributed by atoms with E-state index in [-0.39, 0.29) is 11.9 Å². The Bertz CT molecular complexity index is 828. The number of nitrogen functional groups attached to an aromatic ring is 1. The zero-order valence-electron chi connectivity index (χ0n) is 11.3. The second kappa shape index (κ2) is 4.48. The molecule has 3 aromatic rings. The molecule has 4 nitrogen and oxygen atoms in total. The van der Waals surface area contributed by atoms with Gasteiger partial charge in [0.25, 0.3) is 0 Å². The van der Waals surface area contributed by atoms with Crippen molar-refractivity contribution in [1.82, 2.24) is 9.55 Å². The first-order valence-electron chi connectivity index (χ1n) is 6.89. The van der Waals surface area contributed by atoms with Crippen molar-refractivity contribution in [2.75, 3.05) is 12.3 Å². The summed E-state index contributed by atoms with van der Waals surface area (Å²) in [5, 5.41) is 0. The monoisotopic (exact) mass is 283 g/mol. The number of benzene rings is 2. The summed E-state index contributed by atoms with van der Waals surface area (Å²) in [6.07, 6.45) is 0.781. The summed E-state index contributed by atoms with van der Waals surface area (Å²) in [6.45, 7) is 0.607. The minimum Gasteiger partial charge on any atom is -0.493 e. The van der Waals surface area contributed by atoms with Crippen LogP contribution in [0.2, 0.25) is 0 Å². The van der Waals surface area contributed by atoms with Gasteiger partial charge < -0.3 is 15.0 Å². The average molecular weight is 283 g/mol. The number of halogens is 1. The Morgan fingerprint density at radius 1 is 1.24 bits per heavy atom. The van der Waals surface area contributed by atoms with Gasteiger partial charge in [-0.2, -0.15) is 0 Å². The van der Waals surface area contributed by atoms with Gasteiger partial charge >= 0.3 is 0 Å². The van der Waals surface area contributed by atoms with Gasteiger partial charge in [-0.3, -0.25) is 0 Å². The van der Waals surface area contributed by atoms with Crippen molar-refractivity contribution in [2.45, 2.75) is 12.5 Å². The van der Waals surface area contributed by atoms with E-state index in [9.17, 15) is 4.39 Å².